The maximum absolute atomic E-state index is 11.9. The highest BCUT2D eigenvalue weighted by molar-refractivity contribution is 5.76. The Morgan fingerprint density at radius 1 is 1.42 bits per heavy atom. The molecule has 1 unspecified atom stereocenters. The van der Waals surface area contributed by atoms with E-state index >= 15 is 0 Å². The predicted octanol–water partition coefficient (Wildman–Crippen LogP) is 1.87. The number of rotatable bonds is 6. The molecule has 1 aliphatic heterocycles. The van der Waals surface area contributed by atoms with Crippen molar-refractivity contribution in [2.24, 2.45) is 5.92 Å². The molecule has 1 fully saturated rings. The molecular formula is C15H22N2O2. The first kappa shape index (κ1) is 13.9. The van der Waals surface area contributed by atoms with Gasteiger partial charge in [0.2, 0.25) is 5.91 Å². The van der Waals surface area contributed by atoms with Crippen LogP contribution in [0.15, 0.2) is 24.3 Å². The van der Waals surface area contributed by atoms with Crippen LogP contribution < -0.4 is 15.4 Å². The van der Waals surface area contributed by atoms with E-state index in [1.807, 2.05) is 24.3 Å². The molecule has 0 saturated carbocycles. The second-order valence-electron chi connectivity index (χ2n) is 5.03. The standard InChI is InChI=1S/C15H22N2O2/c1-3-14(12-4-6-13(19-2)7-5-12)17-15(18)8-11-9-16-10-11/h4-7,11,14,16H,3,8-10H2,1-2H3,(H,17,18). The molecule has 0 bridgehead atoms. The van der Waals surface area contributed by atoms with Crippen LogP contribution in [0.25, 0.3) is 0 Å². The van der Waals surface area contributed by atoms with Gasteiger partial charge in [0.25, 0.3) is 0 Å². The molecule has 1 aliphatic rings. The smallest absolute Gasteiger partial charge is 0.220 e. The van der Waals surface area contributed by atoms with E-state index in [9.17, 15) is 4.79 Å². The van der Waals surface area contributed by atoms with Gasteiger partial charge in [-0.2, -0.15) is 0 Å². The van der Waals surface area contributed by atoms with E-state index in [1.54, 1.807) is 7.11 Å². The van der Waals surface area contributed by atoms with Crippen LogP contribution in [0.5, 0.6) is 5.75 Å². The van der Waals surface area contributed by atoms with Gasteiger partial charge in [-0.1, -0.05) is 19.1 Å². The molecule has 1 aromatic carbocycles. The summed E-state index contributed by atoms with van der Waals surface area (Å²) in [5.74, 6) is 1.49. The summed E-state index contributed by atoms with van der Waals surface area (Å²) in [5.41, 5.74) is 1.13. The summed E-state index contributed by atoms with van der Waals surface area (Å²) in [4.78, 5) is 11.9. The number of nitrogens with one attached hydrogen (secondary N) is 2. The van der Waals surface area contributed by atoms with Gasteiger partial charge in [-0.05, 0) is 43.1 Å². The lowest BCUT2D eigenvalue weighted by Gasteiger charge is -2.27. The Kier molecular flexibility index (Phi) is 4.80. The highest BCUT2D eigenvalue weighted by Crippen LogP contribution is 2.20. The summed E-state index contributed by atoms with van der Waals surface area (Å²) >= 11 is 0. The fourth-order valence-corrected chi connectivity index (χ4v) is 2.27. The van der Waals surface area contributed by atoms with Crippen LogP contribution in [-0.4, -0.2) is 26.1 Å². The molecule has 1 aromatic rings. The van der Waals surface area contributed by atoms with Crippen LogP contribution in [0.1, 0.15) is 31.4 Å². The third-order valence-electron chi connectivity index (χ3n) is 3.60. The lowest BCUT2D eigenvalue weighted by Crippen LogP contribution is -2.44. The average Bonchev–Trinajstić information content (AvgIpc) is 2.40. The van der Waals surface area contributed by atoms with Gasteiger partial charge >= 0.3 is 0 Å². The average molecular weight is 262 g/mol. The number of carbonyl (C=O) groups excluding carboxylic acids is 1. The van der Waals surface area contributed by atoms with Gasteiger partial charge in [0.1, 0.15) is 5.75 Å². The van der Waals surface area contributed by atoms with E-state index in [4.69, 9.17) is 4.74 Å². The largest absolute Gasteiger partial charge is 0.497 e. The van der Waals surface area contributed by atoms with E-state index in [-0.39, 0.29) is 11.9 Å². The Hall–Kier alpha value is -1.55. The molecule has 4 nitrogen and oxygen atoms in total. The number of amides is 1. The van der Waals surface area contributed by atoms with Gasteiger partial charge in [-0.25, -0.2) is 0 Å². The van der Waals surface area contributed by atoms with Crippen LogP contribution in [0.2, 0.25) is 0 Å². The fourth-order valence-electron chi connectivity index (χ4n) is 2.27. The number of benzene rings is 1. The molecule has 2 rings (SSSR count). The molecule has 2 N–H and O–H groups in total. The second-order valence-corrected chi connectivity index (χ2v) is 5.03. The summed E-state index contributed by atoms with van der Waals surface area (Å²) in [6.07, 6.45) is 1.51. The fraction of sp³-hybridized carbons (Fsp3) is 0.533. The van der Waals surface area contributed by atoms with Crippen molar-refractivity contribution in [2.45, 2.75) is 25.8 Å². The third kappa shape index (κ3) is 3.70. The van der Waals surface area contributed by atoms with Crippen molar-refractivity contribution in [1.29, 1.82) is 0 Å². The molecule has 19 heavy (non-hydrogen) atoms. The molecule has 0 spiro atoms. The van der Waals surface area contributed by atoms with E-state index in [0.29, 0.717) is 12.3 Å². The summed E-state index contributed by atoms with van der Waals surface area (Å²) < 4.78 is 5.14. The van der Waals surface area contributed by atoms with Crippen LogP contribution in [-0.2, 0) is 4.79 Å². The van der Waals surface area contributed by atoms with Crippen molar-refractivity contribution in [2.75, 3.05) is 20.2 Å². The van der Waals surface area contributed by atoms with Crippen LogP contribution in [0.3, 0.4) is 0 Å². The molecule has 0 aliphatic carbocycles. The van der Waals surface area contributed by atoms with E-state index in [1.165, 1.54) is 0 Å². The molecule has 1 saturated heterocycles. The minimum atomic E-state index is 0.0893. The van der Waals surface area contributed by atoms with E-state index in [0.717, 1.165) is 30.8 Å². The molecular weight excluding hydrogens is 240 g/mol. The topological polar surface area (TPSA) is 50.4 Å². The third-order valence-corrected chi connectivity index (χ3v) is 3.60. The minimum Gasteiger partial charge on any atom is -0.497 e. The minimum absolute atomic E-state index is 0.0893. The quantitative estimate of drug-likeness (QED) is 0.823. The monoisotopic (exact) mass is 262 g/mol. The predicted molar refractivity (Wildman–Crippen MR) is 75.1 cm³/mol. The molecule has 1 atom stereocenters. The summed E-state index contributed by atoms with van der Waals surface area (Å²) in [6.45, 7) is 4.01. The van der Waals surface area contributed by atoms with Crippen molar-refractivity contribution in [1.82, 2.24) is 10.6 Å². The zero-order valence-electron chi connectivity index (χ0n) is 11.6. The molecule has 104 valence electrons. The number of ether oxygens (including phenoxy) is 1. The molecule has 1 amide bonds. The van der Waals surface area contributed by atoms with Gasteiger partial charge in [0, 0.05) is 6.42 Å². The first-order chi connectivity index (χ1) is 9.22. The van der Waals surface area contributed by atoms with Gasteiger partial charge in [0.15, 0.2) is 0 Å². The summed E-state index contributed by atoms with van der Waals surface area (Å²) in [6, 6.07) is 7.97. The lowest BCUT2D eigenvalue weighted by molar-refractivity contribution is -0.123. The number of carbonyl (C=O) groups is 1. The molecule has 4 heteroatoms. The first-order valence-corrected chi connectivity index (χ1v) is 6.87. The summed E-state index contributed by atoms with van der Waals surface area (Å²) in [7, 11) is 1.65. The highest BCUT2D eigenvalue weighted by atomic mass is 16.5. The number of hydrogen-bond acceptors (Lipinski definition) is 3. The zero-order chi connectivity index (χ0) is 13.7. The number of methoxy groups -OCH3 is 1. The molecule has 0 aromatic heterocycles. The second kappa shape index (κ2) is 6.57. The van der Waals surface area contributed by atoms with Crippen molar-refractivity contribution < 1.29 is 9.53 Å². The summed E-state index contributed by atoms with van der Waals surface area (Å²) in [5, 5.41) is 6.30. The SMILES string of the molecule is CCC(NC(=O)CC1CNC1)c1ccc(OC)cc1. The van der Waals surface area contributed by atoms with Crippen molar-refractivity contribution in [3.05, 3.63) is 29.8 Å². The van der Waals surface area contributed by atoms with Gasteiger partial charge in [-0.3, -0.25) is 4.79 Å². The maximum atomic E-state index is 11.9. The van der Waals surface area contributed by atoms with Crippen molar-refractivity contribution in [3.63, 3.8) is 0 Å². The van der Waals surface area contributed by atoms with Crippen LogP contribution >= 0.6 is 0 Å². The molecule has 0 radical (unpaired) electrons. The van der Waals surface area contributed by atoms with Gasteiger partial charge < -0.3 is 15.4 Å². The van der Waals surface area contributed by atoms with Crippen molar-refractivity contribution >= 4 is 5.91 Å². The lowest BCUT2D eigenvalue weighted by atomic mass is 9.98. The zero-order valence-corrected chi connectivity index (χ0v) is 11.6. The van der Waals surface area contributed by atoms with Crippen molar-refractivity contribution in [3.8, 4) is 5.75 Å². The Morgan fingerprint density at radius 3 is 2.58 bits per heavy atom. The van der Waals surface area contributed by atoms with E-state index < -0.39 is 0 Å². The Labute approximate surface area is 114 Å². The Balaban J connectivity index is 1.92. The normalized spacial score (nSPS) is 16.5. The van der Waals surface area contributed by atoms with E-state index in [2.05, 4.69) is 17.6 Å². The highest BCUT2D eigenvalue weighted by Gasteiger charge is 2.21. The molecule has 1 heterocycles. The van der Waals surface area contributed by atoms with Crippen LogP contribution in [0.4, 0.5) is 0 Å². The van der Waals surface area contributed by atoms with Gasteiger partial charge in [0.05, 0.1) is 13.2 Å². The maximum Gasteiger partial charge on any atom is 0.220 e. The Bertz CT molecular complexity index is 413. The first-order valence-electron chi connectivity index (χ1n) is 6.87. The Morgan fingerprint density at radius 2 is 2.11 bits per heavy atom. The number of hydrogen-bond donors (Lipinski definition) is 2. The van der Waals surface area contributed by atoms with Gasteiger partial charge in [-0.15, -0.1) is 0 Å². The van der Waals surface area contributed by atoms with Crippen LogP contribution in [0, 0.1) is 5.92 Å².